The molecule has 0 atom stereocenters. The smallest absolute Gasteiger partial charge is 0.249 e. The number of carbonyl (C=O) groups is 2. The third-order valence-corrected chi connectivity index (χ3v) is 2.33. The summed E-state index contributed by atoms with van der Waals surface area (Å²) in [5.74, 6) is -0.311. The summed E-state index contributed by atoms with van der Waals surface area (Å²) in [5.41, 5.74) is 3.01. The number of nitrogens with two attached hydrogens (primary N) is 1. The van der Waals surface area contributed by atoms with Gasteiger partial charge in [0.05, 0.1) is 0 Å². The van der Waals surface area contributed by atoms with E-state index in [0.29, 0.717) is 12.3 Å². The number of primary amides is 1. The van der Waals surface area contributed by atoms with Gasteiger partial charge in [0.2, 0.25) is 11.8 Å². The lowest BCUT2D eigenvalue weighted by atomic mass is 10.1. The predicted molar refractivity (Wildman–Crippen MR) is 69.1 cm³/mol. The Kier molecular flexibility index (Phi) is 5.60. The van der Waals surface area contributed by atoms with Gasteiger partial charge in [-0.3, -0.25) is 9.59 Å². The van der Waals surface area contributed by atoms with E-state index in [0.717, 1.165) is 0 Å². The first-order valence-corrected chi connectivity index (χ1v) is 5.90. The molecule has 3 N–H and O–H groups in total. The maximum atomic E-state index is 11.7. The van der Waals surface area contributed by atoms with Crippen molar-refractivity contribution in [1.29, 1.82) is 0 Å². The fraction of sp³-hybridized carbons (Fsp3) is 0.800. The summed E-state index contributed by atoms with van der Waals surface area (Å²) in [6, 6.07) is 0. The van der Waals surface area contributed by atoms with Gasteiger partial charge in [0.25, 0.3) is 0 Å². The number of azo groups is 1. The monoisotopic (exact) mass is 260 g/mol. The number of thiol groups is 1. The Balaban J connectivity index is 4.69. The van der Waals surface area contributed by atoms with E-state index in [-0.39, 0.29) is 5.91 Å². The van der Waals surface area contributed by atoms with Gasteiger partial charge in [-0.2, -0.15) is 22.9 Å². The largest absolute Gasteiger partial charge is 0.368 e. The summed E-state index contributed by atoms with van der Waals surface area (Å²) in [4.78, 5) is 22.7. The summed E-state index contributed by atoms with van der Waals surface area (Å²) in [5, 5.41) is 10.4. The highest BCUT2D eigenvalue weighted by molar-refractivity contribution is 7.80. The molecule has 0 saturated heterocycles. The Morgan fingerprint density at radius 1 is 1.18 bits per heavy atom. The number of hydrogen-bond acceptors (Lipinski definition) is 5. The number of hydrogen-bond donors (Lipinski definition) is 3. The van der Waals surface area contributed by atoms with Gasteiger partial charge in [-0.1, -0.05) is 0 Å². The molecule has 0 unspecified atom stereocenters. The molecule has 0 aliphatic rings. The molecule has 0 aliphatic carbocycles. The van der Waals surface area contributed by atoms with Gasteiger partial charge in [0.15, 0.2) is 11.1 Å². The molecule has 0 saturated carbocycles. The van der Waals surface area contributed by atoms with Crippen molar-refractivity contribution in [3.8, 4) is 0 Å². The topological polar surface area (TPSA) is 96.9 Å². The zero-order valence-electron chi connectivity index (χ0n) is 10.6. The van der Waals surface area contributed by atoms with Crippen LogP contribution in [-0.2, 0) is 9.59 Å². The van der Waals surface area contributed by atoms with Crippen molar-refractivity contribution < 1.29 is 9.59 Å². The minimum absolute atomic E-state index is 0.268. The minimum atomic E-state index is -1.11. The molecular weight excluding hydrogens is 240 g/mol. The molecule has 7 heteroatoms. The second-order valence-electron chi connectivity index (χ2n) is 4.66. The third-order valence-electron chi connectivity index (χ3n) is 2.11. The fourth-order valence-corrected chi connectivity index (χ4v) is 0.842. The van der Waals surface area contributed by atoms with Gasteiger partial charge in [-0.15, -0.1) is 0 Å². The second-order valence-corrected chi connectivity index (χ2v) is 5.11. The highest BCUT2D eigenvalue weighted by atomic mass is 32.1. The lowest BCUT2D eigenvalue weighted by molar-refractivity contribution is -0.126. The Labute approximate surface area is 107 Å². The molecule has 98 valence electrons. The van der Waals surface area contributed by atoms with Crippen molar-refractivity contribution >= 4 is 24.4 Å². The molecular formula is C10H20N4O2S. The average molecular weight is 260 g/mol. The van der Waals surface area contributed by atoms with E-state index in [9.17, 15) is 9.59 Å². The average Bonchev–Trinajstić information content (AvgIpc) is 2.23. The standard InChI is InChI=1S/C10H20N4O2S/c1-9(2,7(11)15)13-14-10(3,4)8(16)12-5-6-17/h17H,5-6H2,1-4H3,(H2,11,15)(H,12,16). The van der Waals surface area contributed by atoms with Gasteiger partial charge in [0, 0.05) is 12.3 Å². The first-order valence-electron chi connectivity index (χ1n) is 5.26. The van der Waals surface area contributed by atoms with Crippen LogP contribution in [0.15, 0.2) is 10.2 Å². The van der Waals surface area contributed by atoms with Crippen LogP contribution in [0, 0.1) is 0 Å². The van der Waals surface area contributed by atoms with Crippen LogP contribution in [0.3, 0.4) is 0 Å². The van der Waals surface area contributed by atoms with Crippen LogP contribution in [0.5, 0.6) is 0 Å². The van der Waals surface area contributed by atoms with E-state index in [1.54, 1.807) is 27.7 Å². The van der Waals surface area contributed by atoms with E-state index in [4.69, 9.17) is 5.73 Å². The molecule has 2 amide bonds. The normalized spacial score (nSPS) is 12.8. The first-order chi connectivity index (χ1) is 7.63. The maximum absolute atomic E-state index is 11.7. The summed E-state index contributed by atoms with van der Waals surface area (Å²) in [7, 11) is 0. The molecule has 0 fully saturated rings. The lowest BCUT2D eigenvalue weighted by Crippen LogP contribution is -2.42. The SMILES string of the molecule is CC(C)(N=NC(C)(C)C(=O)NCCS)C(N)=O. The summed E-state index contributed by atoms with van der Waals surface area (Å²) >= 11 is 3.99. The zero-order valence-corrected chi connectivity index (χ0v) is 11.5. The molecule has 0 radical (unpaired) electrons. The molecule has 0 bridgehead atoms. The third kappa shape index (κ3) is 5.16. The molecule has 0 aromatic heterocycles. The van der Waals surface area contributed by atoms with Crippen molar-refractivity contribution in [1.82, 2.24) is 5.32 Å². The van der Waals surface area contributed by atoms with Crippen LogP contribution in [0.4, 0.5) is 0 Å². The first kappa shape index (κ1) is 15.9. The van der Waals surface area contributed by atoms with E-state index in [2.05, 4.69) is 28.2 Å². The molecule has 6 nitrogen and oxygen atoms in total. The van der Waals surface area contributed by atoms with Crippen LogP contribution in [-0.4, -0.2) is 35.2 Å². The Hall–Kier alpha value is -1.11. The Morgan fingerprint density at radius 2 is 1.65 bits per heavy atom. The van der Waals surface area contributed by atoms with Crippen molar-refractivity contribution in [2.45, 2.75) is 38.8 Å². The van der Waals surface area contributed by atoms with Gasteiger partial charge in [-0.05, 0) is 27.7 Å². The van der Waals surface area contributed by atoms with E-state index in [1.807, 2.05) is 0 Å². The van der Waals surface area contributed by atoms with Crippen LogP contribution in [0.2, 0.25) is 0 Å². The molecule has 0 aromatic carbocycles. The van der Waals surface area contributed by atoms with Gasteiger partial charge in [-0.25, -0.2) is 0 Å². The number of amides is 2. The van der Waals surface area contributed by atoms with Crippen molar-refractivity contribution in [3.63, 3.8) is 0 Å². The van der Waals surface area contributed by atoms with Crippen molar-refractivity contribution in [2.24, 2.45) is 16.0 Å². The molecule has 0 rings (SSSR count). The highest BCUT2D eigenvalue weighted by Crippen LogP contribution is 2.15. The number of nitrogens with zero attached hydrogens (tertiary/aromatic N) is 2. The summed E-state index contributed by atoms with van der Waals surface area (Å²) < 4.78 is 0. The second kappa shape index (κ2) is 6.00. The summed E-state index contributed by atoms with van der Waals surface area (Å²) in [6.07, 6.45) is 0. The highest BCUT2D eigenvalue weighted by Gasteiger charge is 2.30. The molecule has 0 heterocycles. The lowest BCUT2D eigenvalue weighted by Gasteiger charge is -2.20. The van der Waals surface area contributed by atoms with E-state index >= 15 is 0 Å². The summed E-state index contributed by atoms with van der Waals surface area (Å²) in [6.45, 7) is 6.77. The van der Waals surface area contributed by atoms with Gasteiger partial charge in [0.1, 0.15) is 0 Å². The van der Waals surface area contributed by atoms with Crippen molar-refractivity contribution in [3.05, 3.63) is 0 Å². The van der Waals surface area contributed by atoms with Crippen LogP contribution < -0.4 is 11.1 Å². The molecule has 0 aliphatic heterocycles. The number of carbonyl (C=O) groups excluding carboxylic acids is 2. The van der Waals surface area contributed by atoms with Crippen LogP contribution in [0.25, 0.3) is 0 Å². The zero-order chi connectivity index (χ0) is 13.7. The predicted octanol–water partition coefficient (Wildman–Crippen LogP) is 0.527. The Bertz CT molecular complexity index is 326. The molecule has 17 heavy (non-hydrogen) atoms. The Morgan fingerprint density at radius 3 is 2.06 bits per heavy atom. The van der Waals surface area contributed by atoms with Crippen LogP contribution >= 0.6 is 12.6 Å². The molecule has 0 spiro atoms. The van der Waals surface area contributed by atoms with Gasteiger partial charge < -0.3 is 11.1 Å². The quantitative estimate of drug-likeness (QED) is 0.479. The fourth-order valence-electron chi connectivity index (χ4n) is 0.730. The van der Waals surface area contributed by atoms with E-state index < -0.39 is 17.0 Å². The van der Waals surface area contributed by atoms with Gasteiger partial charge >= 0.3 is 0 Å². The minimum Gasteiger partial charge on any atom is -0.368 e. The molecule has 0 aromatic rings. The number of rotatable bonds is 6. The number of nitrogens with one attached hydrogen (secondary N) is 1. The maximum Gasteiger partial charge on any atom is 0.249 e. The van der Waals surface area contributed by atoms with Crippen molar-refractivity contribution in [2.75, 3.05) is 12.3 Å². The van der Waals surface area contributed by atoms with Crippen LogP contribution in [0.1, 0.15) is 27.7 Å². The van der Waals surface area contributed by atoms with E-state index in [1.165, 1.54) is 0 Å².